The molecule has 0 aliphatic heterocycles. The van der Waals surface area contributed by atoms with Crippen molar-refractivity contribution in [2.24, 2.45) is 0 Å². The lowest BCUT2D eigenvalue weighted by atomic mass is 10.0. The van der Waals surface area contributed by atoms with E-state index in [0.717, 1.165) is 6.07 Å². The number of ketones is 1. The first-order chi connectivity index (χ1) is 8.50. The lowest BCUT2D eigenvalue weighted by molar-refractivity contribution is 0.103. The van der Waals surface area contributed by atoms with E-state index >= 15 is 0 Å². The summed E-state index contributed by atoms with van der Waals surface area (Å²) in [5.41, 5.74) is 0.0467. The summed E-state index contributed by atoms with van der Waals surface area (Å²) < 4.78 is 26.9. The van der Waals surface area contributed by atoms with E-state index in [2.05, 4.69) is 15.9 Å². The summed E-state index contributed by atoms with van der Waals surface area (Å²) in [5.74, 6) is -1.81. The van der Waals surface area contributed by atoms with E-state index in [0.29, 0.717) is 0 Å². The fraction of sp³-hybridized carbons (Fsp3) is 0. The highest BCUT2D eigenvalue weighted by Crippen LogP contribution is 2.23. The minimum atomic E-state index is -0.774. The molecule has 0 saturated carbocycles. The zero-order valence-electron chi connectivity index (χ0n) is 8.88. The Balaban J connectivity index is 2.48. The number of hydrogen-bond donors (Lipinski definition) is 0. The van der Waals surface area contributed by atoms with Gasteiger partial charge in [0.25, 0.3) is 0 Å². The van der Waals surface area contributed by atoms with Gasteiger partial charge in [0.2, 0.25) is 0 Å². The molecule has 2 aromatic carbocycles. The second kappa shape index (κ2) is 5.16. The van der Waals surface area contributed by atoms with Gasteiger partial charge in [-0.1, -0.05) is 17.7 Å². The molecule has 0 atom stereocenters. The zero-order valence-corrected chi connectivity index (χ0v) is 11.2. The number of benzene rings is 2. The Bertz CT molecular complexity index is 628. The van der Waals surface area contributed by atoms with E-state index in [1.165, 1.54) is 30.3 Å². The first-order valence-electron chi connectivity index (χ1n) is 4.94. The lowest BCUT2D eigenvalue weighted by Gasteiger charge is -2.04. The Hall–Kier alpha value is -1.26. The van der Waals surface area contributed by atoms with Crippen LogP contribution in [0.5, 0.6) is 0 Å². The van der Waals surface area contributed by atoms with Crippen molar-refractivity contribution in [2.75, 3.05) is 0 Å². The molecule has 0 unspecified atom stereocenters. The van der Waals surface area contributed by atoms with Crippen LogP contribution in [0.4, 0.5) is 8.78 Å². The second-order valence-corrected chi connectivity index (χ2v) is 4.82. The van der Waals surface area contributed by atoms with Crippen LogP contribution < -0.4 is 0 Å². The van der Waals surface area contributed by atoms with Gasteiger partial charge in [0.15, 0.2) is 11.6 Å². The van der Waals surface area contributed by atoms with Crippen LogP contribution in [0, 0.1) is 11.6 Å². The number of carbonyl (C=O) groups is 1. The molecule has 5 heteroatoms. The van der Waals surface area contributed by atoms with Gasteiger partial charge in [-0.2, -0.15) is 0 Å². The third-order valence-corrected chi connectivity index (χ3v) is 3.28. The highest BCUT2D eigenvalue weighted by atomic mass is 79.9. The van der Waals surface area contributed by atoms with Crippen LogP contribution in [-0.4, -0.2) is 5.78 Å². The summed E-state index contributed by atoms with van der Waals surface area (Å²) in [4.78, 5) is 12.0. The number of carbonyl (C=O) groups excluding carboxylic acids is 1. The maximum Gasteiger partial charge on any atom is 0.196 e. The van der Waals surface area contributed by atoms with Gasteiger partial charge in [0, 0.05) is 5.56 Å². The average Bonchev–Trinajstić information content (AvgIpc) is 2.35. The van der Waals surface area contributed by atoms with E-state index < -0.39 is 17.4 Å². The summed E-state index contributed by atoms with van der Waals surface area (Å²) in [6.45, 7) is 0. The Morgan fingerprint density at radius 3 is 2.56 bits per heavy atom. The maximum atomic E-state index is 13.7. The quantitative estimate of drug-likeness (QED) is 0.734. The monoisotopic (exact) mass is 330 g/mol. The van der Waals surface area contributed by atoms with E-state index in [1.807, 2.05) is 0 Å². The predicted molar refractivity (Wildman–Crippen MR) is 68.9 cm³/mol. The van der Waals surface area contributed by atoms with Gasteiger partial charge in [0.05, 0.1) is 15.1 Å². The van der Waals surface area contributed by atoms with Crippen molar-refractivity contribution in [1.82, 2.24) is 0 Å². The van der Waals surface area contributed by atoms with Gasteiger partial charge >= 0.3 is 0 Å². The van der Waals surface area contributed by atoms with Crippen LogP contribution in [0.3, 0.4) is 0 Å². The van der Waals surface area contributed by atoms with Crippen molar-refractivity contribution in [3.63, 3.8) is 0 Å². The molecule has 2 rings (SSSR count). The molecular weight excluding hydrogens is 325 g/mol. The van der Waals surface area contributed by atoms with Crippen molar-refractivity contribution >= 4 is 33.3 Å². The van der Waals surface area contributed by atoms with Gasteiger partial charge < -0.3 is 0 Å². The molecule has 0 saturated heterocycles. The highest BCUT2D eigenvalue weighted by Gasteiger charge is 2.16. The predicted octanol–water partition coefficient (Wildman–Crippen LogP) is 4.61. The van der Waals surface area contributed by atoms with Gasteiger partial charge in [-0.05, 0) is 46.3 Å². The minimum Gasteiger partial charge on any atom is -0.288 e. The number of halogens is 4. The summed E-state index contributed by atoms with van der Waals surface area (Å²) in [5, 5.41) is -0.123. The van der Waals surface area contributed by atoms with Gasteiger partial charge in [-0.3, -0.25) is 4.79 Å². The molecule has 0 fully saturated rings. The Labute approximate surface area is 116 Å². The van der Waals surface area contributed by atoms with E-state index in [4.69, 9.17) is 11.6 Å². The second-order valence-electron chi connectivity index (χ2n) is 3.56. The van der Waals surface area contributed by atoms with E-state index in [1.54, 1.807) is 0 Å². The molecule has 0 radical (unpaired) electrons. The molecule has 0 spiro atoms. The summed E-state index contributed by atoms with van der Waals surface area (Å²) in [6, 6.07) is 7.91. The molecule has 92 valence electrons. The highest BCUT2D eigenvalue weighted by molar-refractivity contribution is 9.10. The molecule has 0 amide bonds. The van der Waals surface area contributed by atoms with Gasteiger partial charge in [-0.15, -0.1) is 0 Å². The summed E-state index contributed by atoms with van der Waals surface area (Å²) in [6.07, 6.45) is 0. The smallest absolute Gasteiger partial charge is 0.196 e. The molecule has 0 aliphatic carbocycles. The maximum absolute atomic E-state index is 13.7. The zero-order chi connectivity index (χ0) is 13.3. The van der Waals surface area contributed by atoms with Crippen molar-refractivity contribution in [1.29, 1.82) is 0 Å². The normalized spacial score (nSPS) is 10.4. The van der Waals surface area contributed by atoms with Crippen LogP contribution in [-0.2, 0) is 0 Å². The molecule has 2 aromatic rings. The van der Waals surface area contributed by atoms with Crippen molar-refractivity contribution in [2.45, 2.75) is 0 Å². The van der Waals surface area contributed by atoms with Crippen molar-refractivity contribution in [3.05, 3.63) is 68.7 Å². The van der Waals surface area contributed by atoms with Crippen LogP contribution in [0.2, 0.25) is 5.02 Å². The number of rotatable bonds is 2. The third-order valence-electron chi connectivity index (χ3n) is 2.38. The molecule has 0 heterocycles. The molecule has 0 N–H and O–H groups in total. The molecule has 1 nitrogen and oxygen atoms in total. The first-order valence-corrected chi connectivity index (χ1v) is 6.11. The Kier molecular flexibility index (Phi) is 3.78. The lowest BCUT2D eigenvalue weighted by Crippen LogP contribution is -2.05. The van der Waals surface area contributed by atoms with Crippen LogP contribution in [0.1, 0.15) is 15.9 Å². The molecule has 18 heavy (non-hydrogen) atoms. The third kappa shape index (κ3) is 2.44. The largest absolute Gasteiger partial charge is 0.288 e. The first kappa shape index (κ1) is 13.2. The SMILES string of the molecule is O=C(c1ccc(F)c(Br)c1)c1cccc(Cl)c1F. The molecular formula is C13H6BrClF2O. The average molecular weight is 332 g/mol. The van der Waals surface area contributed by atoms with E-state index in [9.17, 15) is 13.6 Å². The fourth-order valence-corrected chi connectivity index (χ4v) is 2.03. The fourth-order valence-electron chi connectivity index (χ4n) is 1.47. The number of hydrogen-bond acceptors (Lipinski definition) is 1. The van der Waals surface area contributed by atoms with Gasteiger partial charge in [0.1, 0.15) is 5.82 Å². The Morgan fingerprint density at radius 2 is 1.89 bits per heavy atom. The molecule has 0 bridgehead atoms. The topological polar surface area (TPSA) is 17.1 Å². The van der Waals surface area contributed by atoms with Crippen LogP contribution in [0.25, 0.3) is 0 Å². The minimum absolute atomic E-state index is 0.123. The van der Waals surface area contributed by atoms with Crippen LogP contribution in [0.15, 0.2) is 40.9 Å². The van der Waals surface area contributed by atoms with Gasteiger partial charge in [-0.25, -0.2) is 8.78 Å². The van der Waals surface area contributed by atoms with E-state index in [-0.39, 0.29) is 20.6 Å². The molecule has 0 aliphatic rings. The summed E-state index contributed by atoms with van der Waals surface area (Å²) in [7, 11) is 0. The molecule has 0 aromatic heterocycles. The summed E-state index contributed by atoms with van der Waals surface area (Å²) >= 11 is 8.58. The van der Waals surface area contributed by atoms with Crippen LogP contribution >= 0.6 is 27.5 Å². The van der Waals surface area contributed by atoms with Crippen molar-refractivity contribution < 1.29 is 13.6 Å². The Morgan fingerprint density at radius 1 is 1.17 bits per heavy atom. The van der Waals surface area contributed by atoms with Crippen molar-refractivity contribution in [3.8, 4) is 0 Å². The standard InChI is InChI=1S/C13H6BrClF2O/c14-9-6-7(4-5-11(9)16)13(18)8-2-1-3-10(15)12(8)17/h1-6H.